The maximum Gasteiger partial charge on any atom is 0.237 e. The number of benzene rings is 1. The molecular formula is C23H34N2OS. The van der Waals surface area contributed by atoms with Crippen molar-refractivity contribution in [2.24, 2.45) is 11.8 Å². The molecule has 3 heterocycles. The molecule has 3 aliphatic heterocycles. The molecule has 148 valence electrons. The third-order valence-electron chi connectivity index (χ3n) is 6.77. The van der Waals surface area contributed by atoms with Crippen LogP contribution in [0, 0.1) is 11.8 Å². The van der Waals surface area contributed by atoms with Crippen LogP contribution in [-0.4, -0.2) is 41.7 Å². The minimum absolute atomic E-state index is 0.270. The van der Waals surface area contributed by atoms with E-state index >= 15 is 0 Å². The Hall–Kier alpha value is -1.00. The van der Waals surface area contributed by atoms with E-state index < -0.39 is 0 Å². The van der Waals surface area contributed by atoms with Crippen LogP contribution in [0.4, 0.5) is 5.69 Å². The average molecular weight is 387 g/mol. The molecule has 0 aliphatic carbocycles. The summed E-state index contributed by atoms with van der Waals surface area (Å²) in [6, 6.07) is 9.97. The summed E-state index contributed by atoms with van der Waals surface area (Å²) >= 11 is 1.68. The highest BCUT2D eigenvalue weighted by molar-refractivity contribution is 8.00. The maximum atomic E-state index is 12.6. The summed E-state index contributed by atoms with van der Waals surface area (Å²) in [4.78, 5) is 18.7. The Kier molecular flexibility index (Phi) is 6.13. The normalized spacial score (nSPS) is 29.0. The number of unbranched alkanes of at least 4 members (excludes halogenated alkanes) is 1. The largest absolute Gasteiger partial charge is 0.310 e. The van der Waals surface area contributed by atoms with Crippen LogP contribution >= 0.6 is 11.8 Å². The molecule has 2 bridgehead atoms. The predicted molar refractivity (Wildman–Crippen MR) is 114 cm³/mol. The van der Waals surface area contributed by atoms with Gasteiger partial charge in [-0.1, -0.05) is 45.2 Å². The van der Waals surface area contributed by atoms with Crippen LogP contribution in [0.15, 0.2) is 29.2 Å². The molecule has 4 heteroatoms. The van der Waals surface area contributed by atoms with Crippen LogP contribution in [-0.2, 0) is 4.79 Å². The third kappa shape index (κ3) is 4.22. The molecule has 3 aliphatic rings. The number of thioether (sulfide) groups is 1. The molecule has 1 aromatic rings. The van der Waals surface area contributed by atoms with E-state index in [-0.39, 0.29) is 5.91 Å². The Labute approximate surface area is 168 Å². The lowest BCUT2D eigenvalue weighted by molar-refractivity contribution is -0.116. The molecular weight excluding hydrogens is 352 g/mol. The first-order chi connectivity index (χ1) is 13.2. The predicted octanol–water partition coefficient (Wildman–Crippen LogP) is 5.19. The van der Waals surface area contributed by atoms with E-state index in [1.165, 1.54) is 49.8 Å². The average Bonchev–Trinajstić information content (AvgIpc) is 2.90. The number of fused-ring (bicyclic) bond motifs is 3. The fraction of sp³-hybridized carbons (Fsp3) is 0.696. The summed E-state index contributed by atoms with van der Waals surface area (Å²) < 4.78 is 0. The standard InChI is InChI=1S/C23H34N2OS/c1-3-4-7-18-12-19-10-11-20(13-18)24(19)14-17(2)15-25-21-8-5-6-9-22(21)27-16-23(25)26/h5-6,8-9,17-20H,3-4,7,10-16H2,1-2H3. The second kappa shape index (κ2) is 8.57. The number of amides is 1. The van der Waals surface area contributed by atoms with Crippen LogP contribution in [0.5, 0.6) is 0 Å². The van der Waals surface area contributed by atoms with Gasteiger partial charge in [-0.25, -0.2) is 0 Å². The van der Waals surface area contributed by atoms with E-state index in [1.54, 1.807) is 11.8 Å². The van der Waals surface area contributed by atoms with Crippen molar-refractivity contribution >= 4 is 23.4 Å². The summed E-state index contributed by atoms with van der Waals surface area (Å²) in [5.74, 6) is 2.33. The smallest absolute Gasteiger partial charge is 0.237 e. The first kappa shape index (κ1) is 19.3. The second-order valence-electron chi connectivity index (χ2n) is 8.93. The van der Waals surface area contributed by atoms with Crippen LogP contribution < -0.4 is 4.90 Å². The lowest BCUT2D eigenvalue weighted by Gasteiger charge is -2.41. The van der Waals surface area contributed by atoms with Crippen molar-refractivity contribution in [1.82, 2.24) is 4.90 Å². The van der Waals surface area contributed by atoms with Crippen molar-refractivity contribution < 1.29 is 4.79 Å². The molecule has 27 heavy (non-hydrogen) atoms. The first-order valence-electron chi connectivity index (χ1n) is 10.9. The highest BCUT2D eigenvalue weighted by Crippen LogP contribution is 2.41. The lowest BCUT2D eigenvalue weighted by atomic mass is 9.86. The molecule has 3 atom stereocenters. The van der Waals surface area contributed by atoms with Crippen LogP contribution in [0.25, 0.3) is 0 Å². The molecule has 0 aromatic heterocycles. The lowest BCUT2D eigenvalue weighted by Crippen LogP contribution is -2.47. The highest BCUT2D eigenvalue weighted by atomic mass is 32.2. The Morgan fingerprint density at radius 1 is 1.15 bits per heavy atom. The fourth-order valence-electron chi connectivity index (χ4n) is 5.50. The van der Waals surface area contributed by atoms with Gasteiger partial charge in [0, 0.05) is 30.1 Å². The van der Waals surface area contributed by atoms with E-state index in [4.69, 9.17) is 0 Å². The molecule has 0 radical (unpaired) electrons. The van der Waals surface area contributed by atoms with E-state index in [0.29, 0.717) is 11.7 Å². The number of carbonyl (C=O) groups excluding carboxylic acids is 1. The number of anilines is 1. The third-order valence-corrected chi connectivity index (χ3v) is 7.82. The van der Waals surface area contributed by atoms with Crippen molar-refractivity contribution in [2.45, 2.75) is 75.8 Å². The molecule has 0 saturated carbocycles. The molecule has 2 fully saturated rings. The number of hydrogen-bond acceptors (Lipinski definition) is 3. The van der Waals surface area contributed by atoms with Gasteiger partial charge in [0.15, 0.2) is 0 Å². The minimum atomic E-state index is 0.270. The van der Waals surface area contributed by atoms with Crippen molar-refractivity contribution in [2.75, 3.05) is 23.7 Å². The Morgan fingerprint density at radius 2 is 1.89 bits per heavy atom. The minimum Gasteiger partial charge on any atom is -0.310 e. The van der Waals surface area contributed by atoms with Gasteiger partial charge in [0.25, 0.3) is 0 Å². The van der Waals surface area contributed by atoms with E-state index in [0.717, 1.165) is 36.8 Å². The van der Waals surface area contributed by atoms with E-state index in [1.807, 2.05) is 4.90 Å². The topological polar surface area (TPSA) is 23.6 Å². The second-order valence-corrected chi connectivity index (χ2v) is 9.94. The molecule has 0 N–H and O–H groups in total. The summed E-state index contributed by atoms with van der Waals surface area (Å²) in [5.41, 5.74) is 1.12. The molecule has 4 rings (SSSR count). The molecule has 2 saturated heterocycles. The zero-order chi connectivity index (χ0) is 18.8. The molecule has 3 nitrogen and oxygen atoms in total. The summed E-state index contributed by atoms with van der Waals surface area (Å²) in [6.45, 7) is 6.64. The Bertz CT molecular complexity index is 650. The maximum absolute atomic E-state index is 12.6. The van der Waals surface area contributed by atoms with Gasteiger partial charge in [0.2, 0.25) is 5.91 Å². The van der Waals surface area contributed by atoms with Gasteiger partial charge in [-0.15, -0.1) is 11.8 Å². The quantitative estimate of drug-likeness (QED) is 0.644. The summed E-state index contributed by atoms with van der Waals surface area (Å²) in [6.07, 6.45) is 9.76. The van der Waals surface area contributed by atoms with Crippen molar-refractivity contribution in [3.63, 3.8) is 0 Å². The van der Waals surface area contributed by atoms with Gasteiger partial charge in [0.1, 0.15) is 0 Å². The monoisotopic (exact) mass is 386 g/mol. The van der Waals surface area contributed by atoms with Crippen LogP contribution in [0.2, 0.25) is 0 Å². The van der Waals surface area contributed by atoms with Gasteiger partial charge in [-0.2, -0.15) is 0 Å². The van der Waals surface area contributed by atoms with Crippen molar-refractivity contribution in [1.29, 1.82) is 0 Å². The summed E-state index contributed by atoms with van der Waals surface area (Å²) in [7, 11) is 0. The van der Waals surface area contributed by atoms with Gasteiger partial charge in [-0.3, -0.25) is 9.69 Å². The molecule has 0 spiro atoms. The number of para-hydroxylation sites is 1. The molecule has 1 aromatic carbocycles. The number of piperidine rings is 1. The zero-order valence-electron chi connectivity index (χ0n) is 16.9. The number of carbonyl (C=O) groups is 1. The number of nitrogens with zero attached hydrogens (tertiary/aromatic N) is 2. The molecule has 3 unspecified atom stereocenters. The van der Waals surface area contributed by atoms with E-state index in [2.05, 4.69) is 43.0 Å². The number of rotatable bonds is 7. The van der Waals surface area contributed by atoms with Gasteiger partial charge in [-0.05, 0) is 49.7 Å². The van der Waals surface area contributed by atoms with Crippen molar-refractivity contribution in [3.05, 3.63) is 24.3 Å². The Balaban J connectivity index is 1.36. The van der Waals surface area contributed by atoms with Gasteiger partial charge >= 0.3 is 0 Å². The SMILES string of the molecule is CCCCC1CC2CCC(C1)N2CC(C)CN1C(=O)CSc2ccccc21. The van der Waals surface area contributed by atoms with Crippen molar-refractivity contribution in [3.8, 4) is 0 Å². The van der Waals surface area contributed by atoms with Gasteiger partial charge < -0.3 is 4.90 Å². The van der Waals surface area contributed by atoms with Crippen LogP contribution in [0.1, 0.15) is 58.8 Å². The Morgan fingerprint density at radius 3 is 2.63 bits per heavy atom. The zero-order valence-corrected chi connectivity index (χ0v) is 17.7. The van der Waals surface area contributed by atoms with Crippen LogP contribution in [0.3, 0.4) is 0 Å². The summed E-state index contributed by atoms with van der Waals surface area (Å²) in [5, 5.41) is 0. The fourth-order valence-corrected chi connectivity index (χ4v) is 6.43. The van der Waals surface area contributed by atoms with Gasteiger partial charge in [0.05, 0.1) is 11.4 Å². The van der Waals surface area contributed by atoms with E-state index in [9.17, 15) is 4.79 Å². The first-order valence-corrected chi connectivity index (χ1v) is 11.9. The molecule has 1 amide bonds. The highest BCUT2D eigenvalue weighted by Gasteiger charge is 2.40. The number of hydrogen-bond donors (Lipinski definition) is 0.